The van der Waals surface area contributed by atoms with Gasteiger partial charge in [0.05, 0.1) is 25.5 Å². The third kappa shape index (κ3) is 3.71. The molecule has 2 amide bonds. The first-order valence-corrected chi connectivity index (χ1v) is 10.2. The summed E-state index contributed by atoms with van der Waals surface area (Å²) in [5, 5.41) is 3.21. The summed E-state index contributed by atoms with van der Waals surface area (Å²) in [7, 11) is 3.10. The lowest BCUT2D eigenvalue weighted by Gasteiger charge is -2.19. The van der Waals surface area contributed by atoms with Crippen LogP contribution in [0.4, 0.5) is 11.4 Å². The summed E-state index contributed by atoms with van der Waals surface area (Å²) >= 11 is 0. The number of methoxy groups -OCH3 is 2. The van der Waals surface area contributed by atoms with E-state index in [9.17, 15) is 9.59 Å². The third-order valence-electron chi connectivity index (χ3n) is 5.44. The van der Waals surface area contributed by atoms with E-state index >= 15 is 0 Å². The average Bonchev–Trinajstić information content (AvgIpc) is 3.04. The number of aryl methyl sites for hydroxylation is 2. The third-order valence-corrected chi connectivity index (χ3v) is 5.44. The molecule has 6 heteroatoms. The minimum atomic E-state index is -0.437. The quantitative estimate of drug-likeness (QED) is 0.576. The second-order valence-corrected chi connectivity index (χ2v) is 7.54. The number of ether oxygens (including phenoxy) is 2. The molecular formula is C26H24N2O4. The molecule has 0 fully saturated rings. The summed E-state index contributed by atoms with van der Waals surface area (Å²) in [5.74, 6) is 0.258. The zero-order valence-corrected chi connectivity index (χ0v) is 18.4. The number of para-hydroxylation sites is 1. The highest BCUT2D eigenvalue weighted by atomic mass is 16.5. The van der Waals surface area contributed by atoms with Crippen molar-refractivity contribution in [2.24, 2.45) is 0 Å². The van der Waals surface area contributed by atoms with Crippen LogP contribution in [0.1, 0.15) is 16.7 Å². The fourth-order valence-electron chi connectivity index (χ4n) is 3.71. The Balaban J connectivity index is 1.86. The van der Waals surface area contributed by atoms with Gasteiger partial charge in [0.15, 0.2) is 0 Å². The predicted molar refractivity (Wildman–Crippen MR) is 125 cm³/mol. The molecule has 6 nitrogen and oxygen atoms in total. The lowest BCUT2D eigenvalue weighted by Crippen LogP contribution is -2.32. The Morgan fingerprint density at radius 3 is 2.19 bits per heavy atom. The second-order valence-electron chi connectivity index (χ2n) is 7.54. The lowest BCUT2D eigenvalue weighted by molar-refractivity contribution is -0.120. The number of carbonyl (C=O) groups is 2. The van der Waals surface area contributed by atoms with Crippen molar-refractivity contribution in [3.8, 4) is 11.5 Å². The number of hydrogen-bond donors (Lipinski definition) is 1. The van der Waals surface area contributed by atoms with Crippen LogP contribution >= 0.6 is 0 Å². The summed E-state index contributed by atoms with van der Waals surface area (Å²) in [6, 6.07) is 20.1. The topological polar surface area (TPSA) is 67.9 Å². The number of nitrogens with one attached hydrogen (secondary N) is 1. The van der Waals surface area contributed by atoms with Crippen LogP contribution in [0.5, 0.6) is 11.5 Å². The fraction of sp³-hybridized carbons (Fsp3) is 0.154. The van der Waals surface area contributed by atoms with Gasteiger partial charge in [0.25, 0.3) is 11.8 Å². The van der Waals surface area contributed by atoms with E-state index in [0.29, 0.717) is 28.3 Å². The van der Waals surface area contributed by atoms with Crippen molar-refractivity contribution in [1.82, 2.24) is 0 Å². The van der Waals surface area contributed by atoms with Gasteiger partial charge in [-0.25, -0.2) is 4.90 Å². The summed E-state index contributed by atoms with van der Waals surface area (Å²) in [4.78, 5) is 28.5. The van der Waals surface area contributed by atoms with Gasteiger partial charge in [0, 0.05) is 5.69 Å². The summed E-state index contributed by atoms with van der Waals surface area (Å²) in [6.45, 7) is 3.84. The normalized spacial score (nSPS) is 13.6. The molecule has 1 aliphatic rings. The number of rotatable bonds is 6. The maximum atomic E-state index is 13.7. The number of amides is 2. The summed E-state index contributed by atoms with van der Waals surface area (Å²) < 4.78 is 10.7. The summed E-state index contributed by atoms with van der Waals surface area (Å²) in [5.41, 5.74) is 4.17. The lowest BCUT2D eigenvalue weighted by atomic mass is 10.0. The van der Waals surface area contributed by atoms with Crippen LogP contribution in [0.25, 0.3) is 5.57 Å². The molecule has 1 heterocycles. The molecule has 3 aromatic rings. The first-order valence-electron chi connectivity index (χ1n) is 10.2. The molecular weight excluding hydrogens is 404 g/mol. The molecule has 0 unspecified atom stereocenters. The first kappa shape index (κ1) is 21.2. The van der Waals surface area contributed by atoms with Crippen molar-refractivity contribution in [1.29, 1.82) is 0 Å². The minimum Gasteiger partial charge on any atom is -0.497 e. The van der Waals surface area contributed by atoms with Crippen LogP contribution < -0.4 is 19.7 Å². The van der Waals surface area contributed by atoms with E-state index in [4.69, 9.17) is 9.47 Å². The molecule has 4 rings (SSSR count). The van der Waals surface area contributed by atoms with Gasteiger partial charge in [-0.2, -0.15) is 0 Å². The van der Waals surface area contributed by atoms with Crippen LogP contribution in [-0.4, -0.2) is 26.0 Å². The molecule has 0 aromatic heterocycles. The van der Waals surface area contributed by atoms with E-state index in [-0.39, 0.29) is 5.70 Å². The maximum Gasteiger partial charge on any atom is 0.282 e. The fourth-order valence-corrected chi connectivity index (χ4v) is 3.71. The molecule has 3 aromatic carbocycles. The zero-order valence-electron chi connectivity index (χ0n) is 18.4. The van der Waals surface area contributed by atoms with E-state index in [0.717, 1.165) is 16.8 Å². The standard InChI is InChI=1S/C26H24N2O4/c1-16-9-14-22(32-4)21(15-16)28-25(29)23(18-10-12-19(31-3)13-11-18)24(26(28)30)27-20-8-6-5-7-17(20)2/h5-15,27H,1-4H3. The summed E-state index contributed by atoms with van der Waals surface area (Å²) in [6.07, 6.45) is 0. The van der Waals surface area contributed by atoms with Crippen LogP contribution in [0.2, 0.25) is 0 Å². The van der Waals surface area contributed by atoms with Gasteiger partial charge >= 0.3 is 0 Å². The van der Waals surface area contributed by atoms with E-state index in [1.165, 1.54) is 12.0 Å². The van der Waals surface area contributed by atoms with E-state index in [2.05, 4.69) is 5.32 Å². The monoisotopic (exact) mass is 428 g/mol. The Morgan fingerprint density at radius 1 is 0.812 bits per heavy atom. The molecule has 0 spiro atoms. The van der Waals surface area contributed by atoms with Crippen LogP contribution in [0, 0.1) is 13.8 Å². The van der Waals surface area contributed by atoms with Gasteiger partial charge in [-0.15, -0.1) is 0 Å². The highest BCUT2D eigenvalue weighted by molar-refractivity contribution is 6.46. The molecule has 0 radical (unpaired) electrons. The van der Waals surface area contributed by atoms with E-state index in [1.54, 1.807) is 43.5 Å². The highest BCUT2D eigenvalue weighted by Crippen LogP contribution is 2.38. The Labute approximate surface area is 187 Å². The predicted octanol–water partition coefficient (Wildman–Crippen LogP) is 4.72. The molecule has 0 saturated carbocycles. The van der Waals surface area contributed by atoms with Crippen molar-refractivity contribution >= 4 is 28.8 Å². The van der Waals surface area contributed by atoms with E-state index in [1.807, 2.05) is 44.2 Å². The highest BCUT2D eigenvalue weighted by Gasteiger charge is 2.41. The molecule has 32 heavy (non-hydrogen) atoms. The van der Waals surface area contributed by atoms with Crippen LogP contribution in [-0.2, 0) is 9.59 Å². The second kappa shape index (κ2) is 8.59. The molecule has 162 valence electrons. The molecule has 1 N–H and O–H groups in total. The van der Waals surface area contributed by atoms with E-state index < -0.39 is 11.8 Å². The van der Waals surface area contributed by atoms with Gasteiger partial charge in [-0.05, 0) is 60.9 Å². The average molecular weight is 428 g/mol. The number of imide groups is 1. The van der Waals surface area contributed by atoms with Crippen LogP contribution in [0.3, 0.4) is 0 Å². The van der Waals surface area contributed by atoms with Gasteiger partial charge in [-0.1, -0.05) is 36.4 Å². The number of hydrogen-bond acceptors (Lipinski definition) is 5. The van der Waals surface area contributed by atoms with Gasteiger partial charge in [0.1, 0.15) is 17.2 Å². The van der Waals surface area contributed by atoms with Crippen molar-refractivity contribution in [2.75, 3.05) is 24.4 Å². The number of anilines is 2. The number of nitrogens with zero attached hydrogens (tertiary/aromatic N) is 1. The SMILES string of the molecule is COc1ccc(C2=C(Nc3ccccc3C)C(=O)N(c3cc(C)ccc3OC)C2=O)cc1. The molecule has 1 aliphatic heterocycles. The number of benzene rings is 3. The Bertz CT molecular complexity index is 1230. The Kier molecular flexibility index (Phi) is 5.69. The Morgan fingerprint density at radius 2 is 1.53 bits per heavy atom. The molecule has 0 saturated heterocycles. The zero-order chi connectivity index (χ0) is 22.8. The van der Waals surface area contributed by atoms with Crippen molar-refractivity contribution < 1.29 is 19.1 Å². The maximum absolute atomic E-state index is 13.7. The first-order chi connectivity index (χ1) is 15.4. The largest absolute Gasteiger partial charge is 0.497 e. The molecule has 0 atom stereocenters. The van der Waals surface area contributed by atoms with Crippen molar-refractivity contribution in [3.05, 3.63) is 89.1 Å². The number of carbonyl (C=O) groups excluding carboxylic acids is 2. The molecule has 0 bridgehead atoms. The minimum absolute atomic E-state index is 0.220. The van der Waals surface area contributed by atoms with Crippen LogP contribution in [0.15, 0.2) is 72.4 Å². The van der Waals surface area contributed by atoms with Crippen molar-refractivity contribution in [2.45, 2.75) is 13.8 Å². The van der Waals surface area contributed by atoms with Gasteiger partial charge in [-0.3, -0.25) is 9.59 Å². The Hall–Kier alpha value is -4.06. The smallest absolute Gasteiger partial charge is 0.282 e. The van der Waals surface area contributed by atoms with Gasteiger partial charge in [0.2, 0.25) is 0 Å². The van der Waals surface area contributed by atoms with Crippen molar-refractivity contribution in [3.63, 3.8) is 0 Å². The van der Waals surface area contributed by atoms with Gasteiger partial charge < -0.3 is 14.8 Å². The molecule has 0 aliphatic carbocycles.